The third-order valence-corrected chi connectivity index (χ3v) is 1.75. The lowest BCUT2D eigenvalue weighted by molar-refractivity contribution is 0.326. The Morgan fingerprint density at radius 1 is 1.15 bits per heavy atom. The fourth-order valence-corrected chi connectivity index (χ4v) is 0.963. The SMILES string of the molecule is Cc1ccc(OCC(Cl)(Cl)Cl)cc1. The summed E-state index contributed by atoms with van der Waals surface area (Å²) in [6.45, 7) is 2.06. The Balaban J connectivity index is 2.51. The van der Waals surface area contributed by atoms with Crippen molar-refractivity contribution in [2.75, 3.05) is 6.61 Å². The zero-order valence-electron chi connectivity index (χ0n) is 7.06. The van der Waals surface area contributed by atoms with E-state index in [0.29, 0.717) is 5.75 Å². The molecule has 0 spiro atoms. The van der Waals surface area contributed by atoms with Gasteiger partial charge in [-0.05, 0) is 19.1 Å². The summed E-state index contributed by atoms with van der Waals surface area (Å²) in [5.74, 6) is 0.705. The van der Waals surface area contributed by atoms with Crippen LogP contribution in [0, 0.1) is 6.92 Å². The van der Waals surface area contributed by atoms with Crippen LogP contribution in [-0.2, 0) is 0 Å². The molecule has 0 radical (unpaired) electrons. The number of halogens is 3. The molecule has 1 rings (SSSR count). The Bertz CT molecular complexity index is 263. The van der Waals surface area contributed by atoms with Crippen LogP contribution in [0.4, 0.5) is 0 Å². The number of ether oxygens (including phenoxy) is 1. The molecule has 13 heavy (non-hydrogen) atoms. The molecule has 0 fully saturated rings. The zero-order valence-corrected chi connectivity index (χ0v) is 9.33. The van der Waals surface area contributed by atoms with Crippen LogP contribution in [0.3, 0.4) is 0 Å². The highest BCUT2D eigenvalue weighted by atomic mass is 35.6. The maximum atomic E-state index is 5.52. The van der Waals surface area contributed by atoms with Crippen LogP contribution in [0.25, 0.3) is 0 Å². The average Bonchev–Trinajstić information content (AvgIpc) is 2.02. The largest absolute Gasteiger partial charge is 0.489 e. The minimum Gasteiger partial charge on any atom is -0.489 e. The van der Waals surface area contributed by atoms with E-state index >= 15 is 0 Å². The van der Waals surface area contributed by atoms with Crippen LogP contribution in [0.5, 0.6) is 5.75 Å². The molecule has 0 atom stereocenters. The smallest absolute Gasteiger partial charge is 0.223 e. The average molecular weight is 240 g/mol. The van der Waals surface area contributed by atoms with Gasteiger partial charge in [-0.15, -0.1) is 0 Å². The van der Waals surface area contributed by atoms with Gasteiger partial charge in [-0.25, -0.2) is 0 Å². The van der Waals surface area contributed by atoms with Gasteiger partial charge in [-0.3, -0.25) is 0 Å². The first-order valence-corrected chi connectivity index (χ1v) is 4.87. The van der Waals surface area contributed by atoms with E-state index in [0.717, 1.165) is 0 Å². The van der Waals surface area contributed by atoms with Gasteiger partial charge in [0.2, 0.25) is 3.79 Å². The summed E-state index contributed by atoms with van der Waals surface area (Å²) in [4.78, 5) is 0. The first-order chi connectivity index (χ1) is 5.97. The molecular formula is C9H9Cl3O. The molecule has 0 saturated carbocycles. The van der Waals surface area contributed by atoms with Crippen molar-refractivity contribution in [2.24, 2.45) is 0 Å². The summed E-state index contributed by atoms with van der Waals surface area (Å²) in [5, 5.41) is 0. The molecule has 0 N–H and O–H groups in total. The maximum absolute atomic E-state index is 5.52. The van der Waals surface area contributed by atoms with Gasteiger partial charge in [-0.2, -0.15) is 0 Å². The Kier molecular flexibility index (Phi) is 3.72. The summed E-state index contributed by atoms with van der Waals surface area (Å²) in [5.41, 5.74) is 1.17. The molecule has 0 aliphatic carbocycles. The molecule has 0 aliphatic heterocycles. The predicted octanol–water partition coefficient (Wildman–Crippen LogP) is 3.74. The monoisotopic (exact) mass is 238 g/mol. The fourth-order valence-electron chi connectivity index (χ4n) is 0.800. The second-order valence-electron chi connectivity index (χ2n) is 2.72. The van der Waals surface area contributed by atoms with Crippen molar-refractivity contribution in [3.8, 4) is 5.75 Å². The number of hydrogen-bond donors (Lipinski definition) is 0. The standard InChI is InChI=1S/C9H9Cl3O/c1-7-2-4-8(5-3-7)13-6-9(10,11)12/h2-5H,6H2,1H3. The second kappa shape index (κ2) is 4.41. The highest BCUT2D eigenvalue weighted by molar-refractivity contribution is 6.67. The number of benzene rings is 1. The van der Waals surface area contributed by atoms with Crippen molar-refractivity contribution in [1.29, 1.82) is 0 Å². The van der Waals surface area contributed by atoms with Crippen molar-refractivity contribution >= 4 is 34.8 Å². The summed E-state index contributed by atoms with van der Waals surface area (Å²) >= 11 is 16.6. The van der Waals surface area contributed by atoms with Gasteiger partial charge >= 0.3 is 0 Å². The Hall–Kier alpha value is -0.110. The molecule has 0 aliphatic rings. The van der Waals surface area contributed by atoms with E-state index in [4.69, 9.17) is 39.5 Å². The van der Waals surface area contributed by atoms with E-state index in [2.05, 4.69) is 0 Å². The molecule has 0 bridgehead atoms. The van der Waals surface area contributed by atoms with Gasteiger partial charge < -0.3 is 4.74 Å². The number of aryl methyl sites for hydroxylation is 1. The van der Waals surface area contributed by atoms with Crippen LogP contribution in [0.2, 0.25) is 0 Å². The van der Waals surface area contributed by atoms with Gasteiger partial charge in [0.05, 0.1) is 0 Å². The van der Waals surface area contributed by atoms with Crippen LogP contribution in [0.15, 0.2) is 24.3 Å². The maximum Gasteiger partial charge on any atom is 0.223 e. The lowest BCUT2D eigenvalue weighted by Crippen LogP contribution is -2.15. The number of hydrogen-bond acceptors (Lipinski definition) is 1. The summed E-state index contributed by atoms with van der Waals surface area (Å²) in [6.07, 6.45) is 0. The second-order valence-corrected chi connectivity index (χ2v) is 5.23. The van der Waals surface area contributed by atoms with Gasteiger partial charge in [0, 0.05) is 0 Å². The molecule has 1 aromatic carbocycles. The van der Waals surface area contributed by atoms with E-state index in [9.17, 15) is 0 Å². The highest BCUT2D eigenvalue weighted by Crippen LogP contribution is 2.26. The van der Waals surface area contributed by atoms with Crippen molar-refractivity contribution < 1.29 is 4.74 Å². The quantitative estimate of drug-likeness (QED) is 0.714. The van der Waals surface area contributed by atoms with Gasteiger partial charge in [0.15, 0.2) is 0 Å². The third kappa shape index (κ3) is 4.61. The summed E-state index contributed by atoms with van der Waals surface area (Å²) < 4.78 is 3.87. The van der Waals surface area contributed by atoms with Crippen LogP contribution < -0.4 is 4.74 Å². The Labute approximate surface area is 92.5 Å². The topological polar surface area (TPSA) is 9.23 Å². The van der Waals surface area contributed by atoms with Crippen molar-refractivity contribution in [2.45, 2.75) is 10.7 Å². The minimum atomic E-state index is -1.36. The lowest BCUT2D eigenvalue weighted by Gasteiger charge is -2.12. The Morgan fingerprint density at radius 2 is 1.69 bits per heavy atom. The highest BCUT2D eigenvalue weighted by Gasteiger charge is 2.20. The normalized spacial score (nSPS) is 11.4. The van der Waals surface area contributed by atoms with Crippen LogP contribution in [-0.4, -0.2) is 10.4 Å². The first-order valence-electron chi connectivity index (χ1n) is 3.73. The predicted molar refractivity (Wildman–Crippen MR) is 57.0 cm³/mol. The molecular weight excluding hydrogens is 230 g/mol. The third-order valence-electron chi connectivity index (χ3n) is 1.42. The number of rotatable bonds is 2. The van der Waals surface area contributed by atoms with E-state index in [1.807, 2.05) is 31.2 Å². The van der Waals surface area contributed by atoms with Gasteiger partial charge in [0.1, 0.15) is 12.4 Å². The zero-order chi connectivity index (χ0) is 9.90. The van der Waals surface area contributed by atoms with Crippen molar-refractivity contribution in [3.63, 3.8) is 0 Å². The van der Waals surface area contributed by atoms with Crippen LogP contribution >= 0.6 is 34.8 Å². The van der Waals surface area contributed by atoms with Crippen molar-refractivity contribution in [3.05, 3.63) is 29.8 Å². The number of alkyl halides is 3. The van der Waals surface area contributed by atoms with Gasteiger partial charge in [0.25, 0.3) is 0 Å². The fraction of sp³-hybridized carbons (Fsp3) is 0.333. The molecule has 0 aromatic heterocycles. The first kappa shape index (κ1) is 11.0. The van der Waals surface area contributed by atoms with E-state index < -0.39 is 3.79 Å². The molecule has 1 nitrogen and oxygen atoms in total. The van der Waals surface area contributed by atoms with E-state index in [1.54, 1.807) is 0 Å². The molecule has 72 valence electrons. The molecule has 0 amide bonds. The van der Waals surface area contributed by atoms with Crippen LogP contribution in [0.1, 0.15) is 5.56 Å². The summed E-state index contributed by atoms with van der Waals surface area (Å²) in [6, 6.07) is 7.55. The Morgan fingerprint density at radius 3 is 2.15 bits per heavy atom. The molecule has 0 unspecified atom stereocenters. The van der Waals surface area contributed by atoms with E-state index in [1.165, 1.54) is 5.56 Å². The van der Waals surface area contributed by atoms with Crippen molar-refractivity contribution in [1.82, 2.24) is 0 Å². The molecule has 1 aromatic rings. The molecule has 0 heterocycles. The molecule has 4 heteroatoms. The summed E-state index contributed by atoms with van der Waals surface area (Å²) in [7, 11) is 0. The lowest BCUT2D eigenvalue weighted by atomic mass is 10.2. The molecule has 0 saturated heterocycles. The van der Waals surface area contributed by atoms with Gasteiger partial charge in [-0.1, -0.05) is 52.5 Å². The van der Waals surface area contributed by atoms with E-state index in [-0.39, 0.29) is 6.61 Å². The minimum absolute atomic E-state index is 0.0563.